The summed E-state index contributed by atoms with van der Waals surface area (Å²) in [5.41, 5.74) is 1.51. The summed E-state index contributed by atoms with van der Waals surface area (Å²) in [6.07, 6.45) is 0.267. The van der Waals surface area contributed by atoms with E-state index in [1.54, 1.807) is 12.1 Å². The Morgan fingerprint density at radius 1 is 1.03 bits per heavy atom. The number of rotatable bonds is 8. The molecule has 4 amide bonds. The van der Waals surface area contributed by atoms with Crippen molar-refractivity contribution in [3.05, 3.63) is 29.3 Å². The van der Waals surface area contributed by atoms with Gasteiger partial charge in [-0.05, 0) is 31.7 Å². The van der Waals surface area contributed by atoms with E-state index in [4.69, 9.17) is 4.74 Å². The van der Waals surface area contributed by atoms with Crippen molar-refractivity contribution in [3.63, 3.8) is 0 Å². The van der Waals surface area contributed by atoms with E-state index in [0.29, 0.717) is 24.3 Å². The summed E-state index contributed by atoms with van der Waals surface area (Å²) in [4.78, 5) is 55.0. The predicted octanol–water partition coefficient (Wildman–Crippen LogP) is -0.554. The third kappa shape index (κ3) is 4.52. The highest BCUT2D eigenvalue weighted by atomic mass is 16.5. The first kappa shape index (κ1) is 22.4. The zero-order chi connectivity index (χ0) is 22.7. The fourth-order valence-electron chi connectivity index (χ4n) is 4.36. The Kier molecular flexibility index (Phi) is 6.83. The molecule has 0 saturated carbocycles. The molecule has 1 unspecified atom stereocenters. The minimum absolute atomic E-state index is 0.111. The molecule has 2 fully saturated rings. The van der Waals surface area contributed by atoms with Gasteiger partial charge in [0.2, 0.25) is 11.8 Å². The van der Waals surface area contributed by atoms with Crippen LogP contribution in [0.1, 0.15) is 33.6 Å². The van der Waals surface area contributed by atoms with Crippen LogP contribution in [0.4, 0.5) is 5.69 Å². The number of imide groups is 2. The first-order chi connectivity index (χ1) is 15.5. The normalized spacial score (nSPS) is 21.8. The molecule has 0 bridgehead atoms. The monoisotopic (exact) mass is 443 g/mol. The van der Waals surface area contributed by atoms with Gasteiger partial charge < -0.3 is 15.0 Å². The third-order valence-corrected chi connectivity index (χ3v) is 6.21. The Labute approximate surface area is 186 Å². The molecule has 0 aromatic heterocycles. The van der Waals surface area contributed by atoms with Crippen LogP contribution < -0.4 is 15.5 Å². The molecule has 2 saturated heterocycles. The maximum absolute atomic E-state index is 13.0. The molecular weight excluding hydrogens is 414 g/mol. The smallest absolute Gasteiger partial charge is 0.262 e. The van der Waals surface area contributed by atoms with Gasteiger partial charge in [-0.25, -0.2) is 0 Å². The maximum atomic E-state index is 13.0. The second kappa shape index (κ2) is 9.76. The fourth-order valence-corrected chi connectivity index (χ4v) is 4.36. The Morgan fingerprint density at radius 2 is 1.78 bits per heavy atom. The van der Waals surface area contributed by atoms with Gasteiger partial charge in [-0.2, -0.15) is 0 Å². The molecule has 0 aliphatic carbocycles. The van der Waals surface area contributed by atoms with E-state index >= 15 is 0 Å². The van der Waals surface area contributed by atoms with Crippen LogP contribution >= 0.6 is 0 Å². The van der Waals surface area contributed by atoms with Gasteiger partial charge in [0, 0.05) is 51.4 Å². The Hall–Kier alpha value is -2.82. The van der Waals surface area contributed by atoms with Crippen LogP contribution in [0.2, 0.25) is 0 Å². The number of carbonyl (C=O) groups excluding carboxylic acids is 4. The van der Waals surface area contributed by atoms with Gasteiger partial charge >= 0.3 is 0 Å². The van der Waals surface area contributed by atoms with Gasteiger partial charge in [-0.1, -0.05) is 0 Å². The zero-order valence-electron chi connectivity index (χ0n) is 18.3. The minimum atomic E-state index is -0.942. The Balaban J connectivity index is 1.37. The van der Waals surface area contributed by atoms with E-state index < -0.39 is 23.8 Å². The van der Waals surface area contributed by atoms with Crippen molar-refractivity contribution in [3.8, 4) is 0 Å². The number of fused-ring (bicyclic) bond motifs is 1. The van der Waals surface area contributed by atoms with Crippen molar-refractivity contribution in [1.29, 1.82) is 0 Å². The second-order valence-electron chi connectivity index (χ2n) is 8.22. The number of nitrogens with one attached hydrogen (secondary N) is 2. The van der Waals surface area contributed by atoms with Gasteiger partial charge in [-0.15, -0.1) is 0 Å². The molecule has 1 atom stereocenters. The van der Waals surface area contributed by atoms with E-state index in [1.807, 2.05) is 13.1 Å². The van der Waals surface area contributed by atoms with Crippen LogP contribution in [0, 0.1) is 0 Å². The second-order valence-corrected chi connectivity index (χ2v) is 8.22. The number of piperazine rings is 1. The summed E-state index contributed by atoms with van der Waals surface area (Å²) in [6, 6.07) is 4.33. The lowest BCUT2D eigenvalue weighted by molar-refractivity contribution is -0.136. The van der Waals surface area contributed by atoms with E-state index in [9.17, 15) is 19.2 Å². The molecule has 0 spiro atoms. The summed E-state index contributed by atoms with van der Waals surface area (Å²) in [7, 11) is 1.90. The Bertz CT molecular complexity index is 912. The third-order valence-electron chi connectivity index (χ3n) is 6.21. The molecule has 1 aromatic carbocycles. The molecule has 32 heavy (non-hydrogen) atoms. The number of piperidine rings is 1. The van der Waals surface area contributed by atoms with E-state index in [-0.39, 0.29) is 18.7 Å². The van der Waals surface area contributed by atoms with Crippen LogP contribution in [0.5, 0.6) is 0 Å². The number of hydrogen-bond acceptors (Lipinski definition) is 8. The molecule has 3 aliphatic rings. The number of amides is 4. The molecule has 3 aliphatic heterocycles. The lowest BCUT2D eigenvalue weighted by atomic mass is 10.0. The van der Waals surface area contributed by atoms with Crippen molar-refractivity contribution >= 4 is 29.3 Å². The van der Waals surface area contributed by atoms with E-state index in [0.717, 1.165) is 49.9 Å². The molecule has 3 heterocycles. The number of carbonyl (C=O) groups is 4. The lowest BCUT2D eigenvalue weighted by Gasteiger charge is -2.36. The summed E-state index contributed by atoms with van der Waals surface area (Å²) >= 11 is 0. The summed E-state index contributed by atoms with van der Waals surface area (Å²) in [5, 5.41) is 5.27. The first-order valence-electron chi connectivity index (χ1n) is 11.0. The lowest BCUT2D eigenvalue weighted by Crippen LogP contribution is -2.54. The van der Waals surface area contributed by atoms with Crippen LogP contribution in [-0.2, 0) is 14.3 Å². The molecule has 172 valence electrons. The van der Waals surface area contributed by atoms with Crippen LogP contribution in [0.3, 0.4) is 0 Å². The summed E-state index contributed by atoms with van der Waals surface area (Å²) in [6.45, 7) is 6.54. The number of nitrogens with zero attached hydrogens (tertiary/aromatic N) is 3. The van der Waals surface area contributed by atoms with E-state index in [1.165, 1.54) is 0 Å². The van der Waals surface area contributed by atoms with Crippen LogP contribution in [-0.4, -0.2) is 99.0 Å². The molecule has 1 aromatic rings. The molecule has 10 nitrogen and oxygen atoms in total. The number of anilines is 1. The molecule has 10 heteroatoms. The van der Waals surface area contributed by atoms with Crippen LogP contribution in [0.25, 0.3) is 0 Å². The molecule has 4 rings (SSSR count). The topological polar surface area (TPSA) is 111 Å². The number of likely N-dealkylation sites (N-methyl/N-ethyl adjacent to an activating group) is 1. The van der Waals surface area contributed by atoms with Gasteiger partial charge in [0.25, 0.3) is 11.8 Å². The molecular formula is C22H29N5O5. The van der Waals surface area contributed by atoms with Crippen molar-refractivity contribution in [2.45, 2.75) is 18.9 Å². The summed E-state index contributed by atoms with van der Waals surface area (Å²) in [5.74, 6) is -1.93. The average molecular weight is 444 g/mol. The first-order valence-corrected chi connectivity index (χ1v) is 11.0. The van der Waals surface area contributed by atoms with E-state index in [2.05, 4.69) is 20.4 Å². The zero-order valence-corrected chi connectivity index (χ0v) is 18.3. The van der Waals surface area contributed by atoms with Crippen LogP contribution in [0.15, 0.2) is 18.2 Å². The maximum Gasteiger partial charge on any atom is 0.262 e. The predicted molar refractivity (Wildman–Crippen MR) is 117 cm³/mol. The Morgan fingerprint density at radius 3 is 2.50 bits per heavy atom. The van der Waals surface area contributed by atoms with Crippen molar-refractivity contribution in [1.82, 2.24) is 20.4 Å². The summed E-state index contributed by atoms with van der Waals surface area (Å²) < 4.78 is 5.60. The number of ether oxygens (including phenoxy) is 1. The van der Waals surface area contributed by atoms with Crippen molar-refractivity contribution in [2.75, 3.05) is 64.4 Å². The highest BCUT2D eigenvalue weighted by Crippen LogP contribution is 2.31. The number of hydrogen-bond donors (Lipinski definition) is 2. The molecule has 2 N–H and O–H groups in total. The fraction of sp³-hybridized carbons (Fsp3) is 0.545. The van der Waals surface area contributed by atoms with Gasteiger partial charge in [0.15, 0.2) is 0 Å². The molecule has 0 radical (unpaired) electrons. The quantitative estimate of drug-likeness (QED) is 0.407. The average Bonchev–Trinajstić information content (AvgIpc) is 3.04. The number of benzene rings is 1. The van der Waals surface area contributed by atoms with Crippen molar-refractivity contribution in [2.24, 2.45) is 0 Å². The van der Waals surface area contributed by atoms with Crippen molar-refractivity contribution < 1.29 is 23.9 Å². The largest absolute Gasteiger partial charge is 0.379 e. The van der Waals surface area contributed by atoms with Gasteiger partial charge in [0.05, 0.1) is 24.3 Å². The van der Waals surface area contributed by atoms with Gasteiger partial charge in [-0.3, -0.25) is 34.3 Å². The van der Waals surface area contributed by atoms with Gasteiger partial charge in [0.1, 0.15) is 6.04 Å². The highest BCUT2D eigenvalue weighted by molar-refractivity contribution is 6.23. The minimum Gasteiger partial charge on any atom is -0.379 e. The standard InChI is InChI=1S/C22H29N5O5/c1-23-6-12-32-13-11-25-7-9-26(10-8-25)15-2-3-16-17(14-15)22(31)27(21(16)30)18-4-5-19(28)24-20(18)29/h2-3,14,18,23H,4-13H2,1H3,(H,24,28,29). The highest BCUT2D eigenvalue weighted by Gasteiger charge is 2.44. The SMILES string of the molecule is CNCCOCCN1CCN(c2ccc3c(c2)C(=O)N(C2CCC(=O)NC2=O)C3=O)CC1.